The number of carbonyl (C=O) groups is 2. The van der Waals surface area contributed by atoms with Crippen LogP contribution in [0, 0.1) is 17.3 Å². The van der Waals surface area contributed by atoms with Crippen LogP contribution in [0.1, 0.15) is 44.9 Å². The van der Waals surface area contributed by atoms with E-state index >= 15 is 0 Å². The lowest BCUT2D eigenvalue weighted by Gasteiger charge is -2.41. The number of carbonyl (C=O) groups excluding carboxylic acids is 1. The summed E-state index contributed by atoms with van der Waals surface area (Å²) in [5, 5.41) is 9.06. The normalized spacial score (nSPS) is 34.2. The third kappa shape index (κ3) is 2.60. The van der Waals surface area contributed by atoms with Gasteiger partial charge in [0.15, 0.2) is 0 Å². The van der Waals surface area contributed by atoms with E-state index in [4.69, 9.17) is 0 Å². The van der Waals surface area contributed by atoms with Crippen LogP contribution in [0.25, 0.3) is 0 Å². The van der Waals surface area contributed by atoms with Crippen LogP contribution in [-0.2, 0) is 19.6 Å². The fourth-order valence-corrected chi connectivity index (χ4v) is 7.19. The third-order valence-electron chi connectivity index (χ3n) is 6.91. The molecule has 0 aromatic carbocycles. The van der Waals surface area contributed by atoms with Crippen molar-refractivity contribution < 1.29 is 23.1 Å². The first-order valence-electron chi connectivity index (χ1n) is 9.36. The largest absolute Gasteiger partial charge is 0.481 e. The third-order valence-corrected chi connectivity index (χ3v) is 9.05. The predicted molar refractivity (Wildman–Crippen MR) is 90.2 cm³/mol. The Morgan fingerprint density at radius 3 is 2.28 bits per heavy atom. The van der Waals surface area contributed by atoms with Crippen molar-refractivity contribution >= 4 is 21.9 Å². The monoisotopic (exact) mass is 370 g/mol. The Labute approximate surface area is 148 Å². The highest BCUT2D eigenvalue weighted by Gasteiger charge is 2.58. The van der Waals surface area contributed by atoms with Crippen LogP contribution in [0.5, 0.6) is 0 Å². The first kappa shape index (κ1) is 17.3. The van der Waals surface area contributed by atoms with Crippen molar-refractivity contribution in [1.82, 2.24) is 9.21 Å². The number of carboxylic acid groups (broad SMARTS) is 1. The SMILES string of the molecule is O=C(C1CCCC1)N1CC(S(=O)(=O)N2C[C@@H]3CCC[C@@]3(C(=O)O)C2)C1. The number of likely N-dealkylation sites (tertiary alicyclic amines) is 1. The van der Waals surface area contributed by atoms with Crippen LogP contribution >= 0.6 is 0 Å². The number of carboxylic acids is 1. The standard InChI is InChI=1S/C17H26N2O5S/c20-15(12-4-1-2-5-12)18-9-14(10-18)25(23,24)19-8-13-6-3-7-17(13,11-19)16(21)22/h12-14H,1-11H2,(H,21,22)/t13-,17+/m0/s1. The molecular weight excluding hydrogens is 344 g/mol. The van der Waals surface area contributed by atoms with Gasteiger partial charge in [-0.1, -0.05) is 19.3 Å². The second-order valence-corrected chi connectivity index (χ2v) is 10.4. The van der Waals surface area contributed by atoms with Crippen molar-refractivity contribution in [2.24, 2.45) is 17.3 Å². The fraction of sp³-hybridized carbons (Fsp3) is 0.882. The zero-order valence-corrected chi connectivity index (χ0v) is 15.2. The average Bonchev–Trinajstić information content (AvgIpc) is 3.20. The minimum absolute atomic E-state index is 0.0731. The van der Waals surface area contributed by atoms with E-state index in [-0.39, 0.29) is 37.4 Å². The Morgan fingerprint density at radius 1 is 1.00 bits per heavy atom. The highest BCUT2D eigenvalue weighted by molar-refractivity contribution is 7.89. The Bertz CT molecular complexity index is 681. The molecule has 4 aliphatic rings. The van der Waals surface area contributed by atoms with E-state index in [0.29, 0.717) is 13.0 Å². The molecule has 2 aliphatic heterocycles. The zero-order valence-electron chi connectivity index (χ0n) is 14.4. The Balaban J connectivity index is 1.40. The molecule has 0 bridgehead atoms. The van der Waals surface area contributed by atoms with Crippen LogP contribution in [-0.4, -0.2) is 66.0 Å². The van der Waals surface area contributed by atoms with E-state index in [1.165, 1.54) is 4.31 Å². The van der Waals surface area contributed by atoms with E-state index in [1.54, 1.807) is 4.90 Å². The first-order valence-corrected chi connectivity index (χ1v) is 10.9. The van der Waals surface area contributed by atoms with E-state index in [2.05, 4.69) is 0 Å². The zero-order chi connectivity index (χ0) is 17.8. The lowest BCUT2D eigenvalue weighted by atomic mass is 9.81. The van der Waals surface area contributed by atoms with Gasteiger partial charge in [-0.3, -0.25) is 9.59 Å². The van der Waals surface area contributed by atoms with E-state index in [9.17, 15) is 23.1 Å². The van der Waals surface area contributed by atoms with Gasteiger partial charge in [0.2, 0.25) is 15.9 Å². The first-order chi connectivity index (χ1) is 11.8. The number of amides is 1. The van der Waals surface area contributed by atoms with Crippen LogP contribution in [0.15, 0.2) is 0 Å². The molecule has 0 aromatic rings. The number of hydrogen-bond donors (Lipinski definition) is 1. The van der Waals surface area contributed by atoms with E-state index in [0.717, 1.165) is 38.5 Å². The molecule has 2 saturated heterocycles. The molecule has 1 N–H and O–H groups in total. The summed E-state index contributed by atoms with van der Waals surface area (Å²) in [5.41, 5.74) is -0.893. The second kappa shape index (κ2) is 5.94. The topological polar surface area (TPSA) is 95.0 Å². The second-order valence-electron chi connectivity index (χ2n) is 8.23. The molecule has 140 valence electrons. The summed E-state index contributed by atoms with van der Waals surface area (Å²) in [6.45, 7) is 0.946. The van der Waals surface area contributed by atoms with Crippen LogP contribution in [0.3, 0.4) is 0 Å². The molecule has 2 saturated carbocycles. The van der Waals surface area contributed by atoms with Gasteiger partial charge in [-0.05, 0) is 31.6 Å². The van der Waals surface area contributed by atoms with Crippen LogP contribution < -0.4 is 0 Å². The summed E-state index contributed by atoms with van der Waals surface area (Å²) >= 11 is 0. The van der Waals surface area contributed by atoms with Gasteiger partial charge in [-0.15, -0.1) is 0 Å². The van der Waals surface area contributed by atoms with E-state index in [1.807, 2.05) is 0 Å². The van der Waals surface area contributed by atoms with Crippen molar-refractivity contribution in [3.63, 3.8) is 0 Å². The molecule has 2 aliphatic carbocycles. The van der Waals surface area contributed by atoms with Crippen molar-refractivity contribution in [3.8, 4) is 0 Å². The van der Waals surface area contributed by atoms with Crippen LogP contribution in [0.2, 0.25) is 0 Å². The molecule has 0 aromatic heterocycles. The Hall–Kier alpha value is -1.15. The highest BCUT2D eigenvalue weighted by atomic mass is 32.2. The summed E-state index contributed by atoms with van der Waals surface area (Å²) in [7, 11) is -3.53. The predicted octanol–water partition coefficient (Wildman–Crippen LogP) is 0.904. The molecule has 0 radical (unpaired) electrons. The number of fused-ring (bicyclic) bond motifs is 1. The van der Waals surface area contributed by atoms with E-state index < -0.39 is 26.7 Å². The van der Waals surface area contributed by atoms with Gasteiger partial charge in [-0.25, -0.2) is 12.7 Å². The summed E-state index contributed by atoms with van der Waals surface area (Å²) in [6, 6.07) is 0. The molecule has 25 heavy (non-hydrogen) atoms. The molecule has 2 atom stereocenters. The number of rotatable bonds is 4. The molecular formula is C17H26N2O5S. The van der Waals surface area contributed by atoms with Gasteiger partial charge in [0, 0.05) is 32.1 Å². The maximum absolute atomic E-state index is 12.9. The number of hydrogen-bond acceptors (Lipinski definition) is 4. The minimum Gasteiger partial charge on any atom is -0.481 e. The number of aliphatic carboxylic acids is 1. The quantitative estimate of drug-likeness (QED) is 0.793. The van der Waals surface area contributed by atoms with Crippen molar-refractivity contribution in [1.29, 1.82) is 0 Å². The number of sulfonamides is 1. The van der Waals surface area contributed by atoms with Crippen LogP contribution in [0.4, 0.5) is 0 Å². The molecule has 0 spiro atoms. The van der Waals surface area contributed by atoms with Crippen molar-refractivity contribution in [2.75, 3.05) is 26.2 Å². The molecule has 8 heteroatoms. The molecule has 4 rings (SSSR count). The van der Waals surface area contributed by atoms with Gasteiger partial charge in [0.25, 0.3) is 0 Å². The average molecular weight is 370 g/mol. The van der Waals surface area contributed by atoms with Gasteiger partial charge in [0.05, 0.1) is 5.41 Å². The molecule has 4 fully saturated rings. The molecule has 2 heterocycles. The highest BCUT2D eigenvalue weighted by Crippen LogP contribution is 2.50. The summed E-state index contributed by atoms with van der Waals surface area (Å²) in [5.74, 6) is -0.759. The van der Waals surface area contributed by atoms with Crippen molar-refractivity contribution in [2.45, 2.75) is 50.2 Å². The van der Waals surface area contributed by atoms with Gasteiger partial charge in [0.1, 0.15) is 5.25 Å². The fourth-order valence-electron chi connectivity index (χ4n) is 5.23. The van der Waals surface area contributed by atoms with Gasteiger partial charge < -0.3 is 10.0 Å². The summed E-state index contributed by atoms with van der Waals surface area (Å²) in [4.78, 5) is 25.8. The molecule has 0 unspecified atom stereocenters. The lowest BCUT2D eigenvalue weighted by Crippen LogP contribution is -2.60. The number of nitrogens with zero attached hydrogens (tertiary/aromatic N) is 2. The van der Waals surface area contributed by atoms with Gasteiger partial charge in [-0.2, -0.15) is 0 Å². The lowest BCUT2D eigenvalue weighted by molar-refractivity contribution is -0.149. The smallest absolute Gasteiger partial charge is 0.311 e. The summed E-state index contributed by atoms with van der Waals surface area (Å²) < 4.78 is 27.2. The molecule has 1 amide bonds. The Kier molecular flexibility index (Phi) is 4.11. The summed E-state index contributed by atoms with van der Waals surface area (Å²) in [6.07, 6.45) is 6.21. The van der Waals surface area contributed by atoms with Crippen molar-refractivity contribution in [3.05, 3.63) is 0 Å². The Morgan fingerprint density at radius 2 is 1.68 bits per heavy atom. The molecule has 7 nitrogen and oxygen atoms in total. The van der Waals surface area contributed by atoms with Gasteiger partial charge >= 0.3 is 5.97 Å². The minimum atomic E-state index is -3.53. The maximum Gasteiger partial charge on any atom is 0.311 e. The maximum atomic E-state index is 12.9.